The van der Waals surface area contributed by atoms with Gasteiger partial charge in [0.05, 0.1) is 0 Å². The lowest BCUT2D eigenvalue weighted by molar-refractivity contribution is -0.128. The van der Waals surface area contributed by atoms with Crippen LogP contribution in [-0.4, -0.2) is 24.4 Å². The molecule has 1 rings (SSSR count). The van der Waals surface area contributed by atoms with Crippen molar-refractivity contribution in [2.24, 2.45) is 17.8 Å². The van der Waals surface area contributed by atoms with Crippen molar-refractivity contribution in [3.63, 3.8) is 0 Å². The van der Waals surface area contributed by atoms with Crippen LogP contribution in [0.5, 0.6) is 0 Å². The smallest absolute Gasteiger partial charge is 0.219 e. The fourth-order valence-electron chi connectivity index (χ4n) is 2.61. The third-order valence-corrected chi connectivity index (χ3v) is 3.62. The van der Waals surface area contributed by atoms with Gasteiger partial charge in [0.15, 0.2) is 0 Å². The van der Waals surface area contributed by atoms with Gasteiger partial charge in [-0.15, -0.1) is 0 Å². The average Bonchev–Trinajstić information content (AvgIpc) is 2.10. The number of rotatable bonds is 2. The molecule has 0 unspecified atom stereocenters. The van der Waals surface area contributed by atoms with E-state index >= 15 is 0 Å². The number of nitrogens with zero attached hydrogens (tertiary/aromatic N) is 1. The molecule has 2 heteroatoms. The van der Waals surface area contributed by atoms with E-state index in [1.807, 2.05) is 11.9 Å². The van der Waals surface area contributed by atoms with Crippen molar-refractivity contribution in [1.82, 2.24) is 4.90 Å². The average molecular weight is 209 g/mol. The maximum atomic E-state index is 11.2. The Morgan fingerprint density at radius 3 is 2.60 bits per heavy atom. The van der Waals surface area contributed by atoms with Gasteiger partial charge in [0.2, 0.25) is 5.91 Å². The lowest BCUT2D eigenvalue weighted by Gasteiger charge is -2.35. The molecule has 0 saturated heterocycles. The summed E-state index contributed by atoms with van der Waals surface area (Å²) in [6, 6.07) is 0. The molecular weight excluding hydrogens is 186 g/mol. The molecular formula is C13H23NO. The Morgan fingerprint density at radius 1 is 1.53 bits per heavy atom. The van der Waals surface area contributed by atoms with E-state index in [-0.39, 0.29) is 5.91 Å². The SMILES string of the molecule is CC(=O)N(C)C[C@@H]1[C@H](C)CC(C)=C[C@@H]1C. The van der Waals surface area contributed by atoms with E-state index in [1.165, 1.54) is 12.0 Å². The van der Waals surface area contributed by atoms with Gasteiger partial charge in [0.25, 0.3) is 0 Å². The third kappa shape index (κ3) is 3.08. The minimum absolute atomic E-state index is 0.167. The second-order valence-corrected chi connectivity index (χ2v) is 5.12. The molecule has 0 aromatic rings. The van der Waals surface area contributed by atoms with Crippen LogP contribution in [0.25, 0.3) is 0 Å². The van der Waals surface area contributed by atoms with Gasteiger partial charge in [-0.25, -0.2) is 0 Å². The highest BCUT2D eigenvalue weighted by Gasteiger charge is 2.28. The standard InChI is InChI=1S/C13H23NO/c1-9-6-10(2)13(11(3)7-9)8-14(5)12(4)15/h6,10-11,13H,7-8H2,1-5H3/t10-,11+,13-/m0/s1. The van der Waals surface area contributed by atoms with E-state index in [0.29, 0.717) is 17.8 Å². The zero-order valence-electron chi connectivity index (χ0n) is 10.6. The zero-order valence-corrected chi connectivity index (χ0v) is 10.6. The molecule has 1 amide bonds. The minimum atomic E-state index is 0.167. The molecule has 0 aromatic heterocycles. The van der Waals surface area contributed by atoms with Gasteiger partial charge in [0.1, 0.15) is 0 Å². The first-order valence-corrected chi connectivity index (χ1v) is 5.80. The highest BCUT2D eigenvalue weighted by atomic mass is 16.2. The number of carbonyl (C=O) groups is 1. The Labute approximate surface area is 93.3 Å². The quantitative estimate of drug-likeness (QED) is 0.640. The predicted molar refractivity (Wildman–Crippen MR) is 63.5 cm³/mol. The molecule has 0 fully saturated rings. The van der Waals surface area contributed by atoms with Crippen LogP contribution in [0, 0.1) is 17.8 Å². The predicted octanol–water partition coefficient (Wildman–Crippen LogP) is 2.70. The lowest BCUT2D eigenvalue weighted by Crippen LogP contribution is -2.36. The number of hydrogen-bond donors (Lipinski definition) is 0. The van der Waals surface area contributed by atoms with Crippen LogP contribution in [-0.2, 0) is 4.79 Å². The summed E-state index contributed by atoms with van der Waals surface area (Å²) in [5, 5.41) is 0. The summed E-state index contributed by atoms with van der Waals surface area (Å²) in [6.07, 6.45) is 3.54. The van der Waals surface area contributed by atoms with Crippen LogP contribution in [0.15, 0.2) is 11.6 Å². The maximum absolute atomic E-state index is 11.2. The van der Waals surface area contributed by atoms with Gasteiger partial charge in [-0.1, -0.05) is 25.5 Å². The van der Waals surface area contributed by atoms with Crippen LogP contribution in [0.4, 0.5) is 0 Å². The number of hydrogen-bond acceptors (Lipinski definition) is 1. The summed E-state index contributed by atoms with van der Waals surface area (Å²) < 4.78 is 0. The monoisotopic (exact) mass is 209 g/mol. The van der Waals surface area contributed by atoms with Crippen LogP contribution >= 0.6 is 0 Å². The summed E-state index contributed by atoms with van der Waals surface area (Å²) in [6.45, 7) is 9.29. The van der Waals surface area contributed by atoms with Crippen molar-refractivity contribution >= 4 is 5.91 Å². The molecule has 86 valence electrons. The van der Waals surface area contributed by atoms with Gasteiger partial charge in [0, 0.05) is 20.5 Å². The Morgan fingerprint density at radius 2 is 2.13 bits per heavy atom. The number of amides is 1. The molecule has 1 aliphatic carbocycles. The molecule has 0 heterocycles. The second kappa shape index (κ2) is 4.82. The van der Waals surface area contributed by atoms with Crippen LogP contribution in [0.1, 0.15) is 34.1 Å². The highest BCUT2D eigenvalue weighted by Crippen LogP contribution is 2.33. The van der Waals surface area contributed by atoms with E-state index in [9.17, 15) is 4.79 Å². The molecule has 3 atom stereocenters. The second-order valence-electron chi connectivity index (χ2n) is 5.12. The third-order valence-electron chi connectivity index (χ3n) is 3.62. The number of allylic oxidation sites excluding steroid dienone is 2. The Balaban J connectivity index is 2.65. The number of carbonyl (C=O) groups excluding carboxylic acids is 1. The van der Waals surface area contributed by atoms with Crippen molar-refractivity contribution in [3.8, 4) is 0 Å². The van der Waals surface area contributed by atoms with Crippen molar-refractivity contribution in [2.45, 2.75) is 34.1 Å². The van der Waals surface area contributed by atoms with Gasteiger partial charge < -0.3 is 4.90 Å². The zero-order chi connectivity index (χ0) is 11.6. The first kappa shape index (κ1) is 12.3. The highest BCUT2D eigenvalue weighted by molar-refractivity contribution is 5.72. The van der Waals surface area contributed by atoms with Gasteiger partial charge in [-0.05, 0) is 31.1 Å². The fourth-order valence-corrected chi connectivity index (χ4v) is 2.61. The van der Waals surface area contributed by atoms with E-state index in [2.05, 4.69) is 26.8 Å². The summed E-state index contributed by atoms with van der Waals surface area (Å²) in [4.78, 5) is 13.0. The van der Waals surface area contributed by atoms with Crippen LogP contribution in [0.2, 0.25) is 0 Å². The van der Waals surface area contributed by atoms with E-state index in [1.54, 1.807) is 6.92 Å². The molecule has 0 radical (unpaired) electrons. The molecule has 2 nitrogen and oxygen atoms in total. The largest absolute Gasteiger partial charge is 0.346 e. The molecule has 0 aliphatic heterocycles. The molecule has 1 aliphatic rings. The summed E-state index contributed by atoms with van der Waals surface area (Å²) >= 11 is 0. The van der Waals surface area contributed by atoms with Gasteiger partial charge >= 0.3 is 0 Å². The molecule has 0 saturated carbocycles. The molecule has 0 aromatic carbocycles. The van der Waals surface area contributed by atoms with Gasteiger partial charge in [-0.3, -0.25) is 4.79 Å². The van der Waals surface area contributed by atoms with E-state index in [0.717, 1.165) is 6.54 Å². The minimum Gasteiger partial charge on any atom is -0.346 e. The van der Waals surface area contributed by atoms with E-state index in [4.69, 9.17) is 0 Å². The summed E-state index contributed by atoms with van der Waals surface area (Å²) in [7, 11) is 1.90. The van der Waals surface area contributed by atoms with Crippen molar-refractivity contribution in [1.29, 1.82) is 0 Å². The maximum Gasteiger partial charge on any atom is 0.219 e. The molecule has 15 heavy (non-hydrogen) atoms. The Kier molecular flexibility index (Phi) is 3.95. The lowest BCUT2D eigenvalue weighted by atomic mass is 9.75. The van der Waals surface area contributed by atoms with Crippen molar-refractivity contribution in [2.75, 3.05) is 13.6 Å². The van der Waals surface area contributed by atoms with Crippen LogP contribution in [0.3, 0.4) is 0 Å². The first-order valence-electron chi connectivity index (χ1n) is 5.80. The fraction of sp³-hybridized carbons (Fsp3) is 0.769. The molecule has 0 spiro atoms. The topological polar surface area (TPSA) is 20.3 Å². The molecule has 0 N–H and O–H groups in total. The van der Waals surface area contributed by atoms with Crippen LogP contribution < -0.4 is 0 Å². The van der Waals surface area contributed by atoms with Crippen molar-refractivity contribution < 1.29 is 4.79 Å². The molecule has 0 bridgehead atoms. The summed E-state index contributed by atoms with van der Waals surface area (Å²) in [5.74, 6) is 2.06. The van der Waals surface area contributed by atoms with E-state index < -0.39 is 0 Å². The summed E-state index contributed by atoms with van der Waals surface area (Å²) in [5.41, 5.74) is 1.50. The Bertz CT molecular complexity index is 270. The Hall–Kier alpha value is -0.790. The first-order chi connectivity index (χ1) is 6.91. The normalized spacial score (nSPS) is 31.0. The van der Waals surface area contributed by atoms with Crippen molar-refractivity contribution in [3.05, 3.63) is 11.6 Å². The van der Waals surface area contributed by atoms with Gasteiger partial charge in [-0.2, -0.15) is 0 Å².